The van der Waals surface area contributed by atoms with E-state index in [1.807, 2.05) is 20.8 Å². The molecule has 0 saturated heterocycles. The van der Waals surface area contributed by atoms with E-state index < -0.39 is 34.9 Å². The van der Waals surface area contributed by atoms with Crippen LogP contribution in [0.3, 0.4) is 0 Å². The smallest absolute Gasteiger partial charge is 0.426 e. The van der Waals surface area contributed by atoms with Gasteiger partial charge in [-0.05, 0) is 37.0 Å². The van der Waals surface area contributed by atoms with Gasteiger partial charge in [0.1, 0.15) is 23.0 Å². The van der Waals surface area contributed by atoms with Gasteiger partial charge in [-0.3, -0.25) is 0 Å². The molecule has 3 aromatic rings. The standard InChI is InChI=1S/C28H29F5O4/c1-4-11-34-20-16-24(35-12-5-2)26(25(17-20)36-13-6-3)18-7-9-19(10-8-18)28(32,33)37-21-14-22(29)27(31)23(30)15-21/h7-10,14-17H,4-6,11-13H2,1-3H3. The fraction of sp³-hybridized carbons (Fsp3) is 0.357. The van der Waals surface area contributed by atoms with Crippen LogP contribution in [0.5, 0.6) is 23.0 Å². The Balaban J connectivity index is 1.97. The van der Waals surface area contributed by atoms with Gasteiger partial charge in [0, 0.05) is 24.3 Å². The van der Waals surface area contributed by atoms with Gasteiger partial charge in [-0.25, -0.2) is 13.2 Å². The summed E-state index contributed by atoms with van der Waals surface area (Å²) in [5, 5.41) is 0. The molecule has 0 radical (unpaired) electrons. The predicted molar refractivity (Wildman–Crippen MR) is 130 cm³/mol. The third-order valence-electron chi connectivity index (χ3n) is 5.15. The molecule has 0 unspecified atom stereocenters. The van der Waals surface area contributed by atoms with Crippen molar-refractivity contribution in [2.45, 2.75) is 46.1 Å². The fourth-order valence-corrected chi connectivity index (χ4v) is 3.43. The summed E-state index contributed by atoms with van der Waals surface area (Å²) >= 11 is 0. The lowest BCUT2D eigenvalue weighted by Gasteiger charge is -2.20. The summed E-state index contributed by atoms with van der Waals surface area (Å²) in [5.74, 6) is -4.35. The summed E-state index contributed by atoms with van der Waals surface area (Å²) in [4.78, 5) is 0. The summed E-state index contributed by atoms with van der Waals surface area (Å²) in [6.45, 7) is 7.26. The SMILES string of the molecule is CCCOc1cc(OCCC)c(-c2ccc(C(F)(F)Oc3cc(F)c(F)c(F)c3)cc2)c(OCCC)c1. The van der Waals surface area contributed by atoms with Gasteiger partial charge in [0.2, 0.25) is 0 Å². The molecule has 0 bridgehead atoms. The van der Waals surface area contributed by atoms with Crippen LogP contribution in [-0.4, -0.2) is 19.8 Å². The maximum Gasteiger partial charge on any atom is 0.426 e. The fourth-order valence-electron chi connectivity index (χ4n) is 3.43. The van der Waals surface area contributed by atoms with Crippen LogP contribution in [0.2, 0.25) is 0 Å². The Morgan fingerprint density at radius 1 is 0.649 bits per heavy atom. The van der Waals surface area contributed by atoms with E-state index in [2.05, 4.69) is 4.74 Å². The van der Waals surface area contributed by atoms with Crippen molar-refractivity contribution in [1.29, 1.82) is 0 Å². The van der Waals surface area contributed by atoms with Gasteiger partial charge in [0.05, 0.1) is 30.9 Å². The Bertz CT molecular complexity index is 1130. The molecule has 0 heterocycles. The van der Waals surface area contributed by atoms with Gasteiger partial charge >= 0.3 is 6.11 Å². The first-order valence-electron chi connectivity index (χ1n) is 12.1. The first kappa shape index (κ1) is 28.1. The van der Waals surface area contributed by atoms with Crippen molar-refractivity contribution in [3.05, 3.63) is 71.5 Å². The van der Waals surface area contributed by atoms with Crippen molar-refractivity contribution in [2.24, 2.45) is 0 Å². The zero-order chi connectivity index (χ0) is 27.0. The number of rotatable bonds is 13. The van der Waals surface area contributed by atoms with Crippen LogP contribution in [-0.2, 0) is 6.11 Å². The summed E-state index contributed by atoms with van der Waals surface area (Å²) < 4.78 is 91.8. The molecule has 0 atom stereocenters. The zero-order valence-electron chi connectivity index (χ0n) is 20.9. The number of hydrogen-bond acceptors (Lipinski definition) is 4. The quantitative estimate of drug-likeness (QED) is 0.167. The molecule has 37 heavy (non-hydrogen) atoms. The zero-order valence-corrected chi connectivity index (χ0v) is 20.9. The van der Waals surface area contributed by atoms with Crippen LogP contribution < -0.4 is 18.9 Å². The normalized spacial score (nSPS) is 11.4. The number of alkyl halides is 2. The Hall–Kier alpha value is -3.49. The second kappa shape index (κ2) is 12.7. The molecule has 4 nitrogen and oxygen atoms in total. The molecule has 200 valence electrons. The van der Waals surface area contributed by atoms with Crippen molar-refractivity contribution in [3.63, 3.8) is 0 Å². The van der Waals surface area contributed by atoms with E-state index >= 15 is 0 Å². The number of benzene rings is 3. The summed E-state index contributed by atoms with van der Waals surface area (Å²) in [6.07, 6.45) is -1.64. The summed E-state index contributed by atoms with van der Waals surface area (Å²) in [6, 6.07) is 9.33. The van der Waals surface area contributed by atoms with Crippen LogP contribution in [0.1, 0.15) is 45.6 Å². The Morgan fingerprint density at radius 3 is 1.62 bits per heavy atom. The second-order valence-electron chi connectivity index (χ2n) is 8.24. The highest BCUT2D eigenvalue weighted by Crippen LogP contribution is 2.43. The van der Waals surface area contributed by atoms with Crippen molar-refractivity contribution < 1.29 is 40.9 Å². The topological polar surface area (TPSA) is 36.9 Å². The average Bonchev–Trinajstić information content (AvgIpc) is 2.87. The first-order valence-corrected chi connectivity index (χ1v) is 12.1. The van der Waals surface area contributed by atoms with E-state index in [9.17, 15) is 22.0 Å². The minimum absolute atomic E-state index is 0.359. The second-order valence-corrected chi connectivity index (χ2v) is 8.24. The highest BCUT2D eigenvalue weighted by Gasteiger charge is 2.35. The number of halogens is 5. The van der Waals surface area contributed by atoms with E-state index in [-0.39, 0.29) is 0 Å². The monoisotopic (exact) mass is 524 g/mol. The molecule has 9 heteroatoms. The third kappa shape index (κ3) is 7.05. The van der Waals surface area contributed by atoms with Crippen molar-refractivity contribution in [3.8, 4) is 34.1 Å². The van der Waals surface area contributed by atoms with Gasteiger partial charge in [-0.15, -0.1) is 0 Å². The van der Waals surface area contributed by atoms with Gasteiger partial charge < -0.3 is 18.9 Å². The van der Waals surface area contributed by atoms with Crippen LogP contribution in [0, 0.1) is 17.5 Å². The molecule has 3 rings (SSSR count). The first-order chi connectivity index (χ1) is 17.7. The van der Waals surface area contributed by atoms with Crippen molar-refractivity contribution in [2.75, 3.05) is 19.8 Å². The van der Waals surface area contributed by atoms with E-state index in [1.54, 1.807) is 12.1 Å². The Labute approximate surface area is 212 Å². The van der Waals surface area contributed by atoms with Crippen LogP contribution in [0.25, 0.3) is 11.1 Å². The molecule has 3 aromatic carbocycles. The van der Waals surface area contributed by atoms with E-state index in [0.29, 0.717) is 60.3 Å². The molecule has 0 saturated carbocycles. The molecule has 0 aliphatic rings. The maximum atomic E-state index is 14.8. The molecular formula is C28H29F5O4. The number of hydrogen-bond donors (Lipinski definition) is 0. The molecule has 0 amide bonds. The van der Waals surface area contributed by atoms with Gasteiger partial charge in [0.15, 0.2) is 17.5 Å². The van der Waals surface area contributed by atoms with Gasteiger partial charge in [0.25, 0.3) is 0 Å². The third-order valence-corrected chi connectivity index (χ3v) is 5.15. The minimum atomic E-state index is -3.95. The molecule has 0 fully saturated rings. The maximum absolute atomic E-state index is 14.8. The highest BCUT2D eigenvalue weighted by atomic mass is 19.3. The lowest BCUT2D eigenvalue weighted by molar-refractivity contribution is -0.185. The van der Waals surface area contributed by atoms with Gasteiger partial charge in [-0.1, -0.05) is 32.9 Å². The molecule has 0 spiro atoms. The molecule has 0 N–H and O–H groups in total. The van der Waals surface area contributed by atoms with Crippen molar-refractivity contribution >= 4 is 0 Å². The van der Waals surface area contributed by atoms with E-state index in [0.717, 1.165) is 31.4 Å². The van der Waals surface area contributed by atoms with Crippen LogP contribution >= 0.6 is 0 Å². The lowest BCUT2D eigenvalue weighted by Crippen LogP contribution is -2.22. The van der Waals surface area contributed by atoms with Crippen LogP contribution in [0.15, 0.2) is 48.5 Å². The van der Waals surface area contributed by atoms with E-state index in [4.69, 9.17) is 14.2 Å². The van der Waals surface area contributed by atoms with Gasteiger partial charge in [-0.2, -0.15) is 8.78 Å². The largest absolute Gasteiger partial charge is 0.493 e. The highest BCUT2D eigenvalue weighted by molar-refractivity contribution is 5.78. The molecule has 0 aromatic heterocycles. The van der Waals surface area contributed by atoms with Crippen molar-refractivity contribution in [1.82, 2.24) is 0 Å². The lowest BCUT2D eigenvalue weighted by atomic mass is 10.0. The molecule has 0 aliphatic heterocycles. The summed E-state index contributed by atoms with van der Waals surface area (Å²) in [7, 11) is 0. The van der Waals surface area contributed by atoms with Crippen LogP contribution in [0.4, 0.5) is 22.0 Å². The van der Waals surface area contributed by atoms with E-state index in [1.165, 1.54) is 12.1 Å². The average molecular weight is 525 g/mol. The summed E-state index contributed by atoms with van der Waals surface area (Å²) in [5.41, 5.74) is 0.540. The molecule has 0 aliphatic carbocycles. The number of ether oxygens (including phenoxy) is 4. The Kier molecular flexibility index (Phi) is 9.60. The predicted octanol–water partition coefficient (Wildman–Crippen LogP) is 8.27. The minimum Gasteiger partial charge on any atom is -0.493 e. The Morgan fingerprint density at radius 2 is 1.14 bits per heavy atom. The molecular weight excluding hydrogens is 495 g/mol.